The normalized spacial score (nSPS) is 33.1. The average Bonchev–Trinajstić information content (AvgIpc) is 3.10. The summed E-state index contributed by atoms with van der Waals surface area (Å²) in [4.78, 5) is 4.34. The molecule has 0 unspecified atom stereocenters. The molecule has 0 aliphatic heterocycles. The molecule has 148 valence electrons. The first-order valence-electron chi connectivity index (χ1n) is 11.3. The third-order valence-electron chi connectivity index (χ3n) is 8.80. The molecule has 2 heteroatoms. The Bertz CT molecular complexity index is 1080. The zero-order valence-electron chi connectivity index (χ0n) is 17.1. The molecule has 2 saturated carbocycles. The van der Waals surface area contributed by atoms with Crippen LogP contribution < -0.4 is 0 Å². The van der Waals surface area contributed by atoms with Gasteiger partial charge in [0.15, 0.2) is 0 Å². The molecule has 0 saturated heterocycles. The van der Waals surface area contributed by atoms with Crippen molar-refractivity contribution in [2.24, 2.45) is 17.3 Å². The molecule has 1 aromatic heterocycles. The van der Waals surface area contributed by atoms with E-state index in [2.05, 4.69) is 42.2 Å². The van der Waals surface area contributed by atoms with Crippen LogP contribution in [0, 0.1) is 17.3 Å². The standard InChI is InChI=1S/C27H29NO/c1-27-13-11-22-20-8-6-19(29)15-17(20)5-7-24(22)26(27)10-9-25(27)23-4-2-3-18-16-28-14-12-21(18)23/h2-4,6,8,12,14-16,22,24-26,29H,5,7,9-11,13H2,1H3/t22-,24-,25-,26+,27-/m1/s1. The van der Waals surface area contributed by atoms with Crippen molar-refractivity contribution in [2.75, 3.05) is 0 Å². The fourth-order valence-corrected chi connectivity index (χ4v) is 7.53. The Kier molecular flexibility index (Phi) is 3.82. The van der Waals surface area contributed by atoms with Gasteiger partial charge in [0.1, 0.15) is 5.75 Å². The predicted molar refractivity (Wildman–Crippen MR) is 117 cm³/mol. The molecule has 0 radical (unpaired) electrons. The topological polar surface area (TPSA) is 33.1 Å². The molecule has 2 nitrogen and oxygen atoms in total. The van der Waals surface area contributed by atoms with Crippen LogP contribution in [0.3, 0.4) is 0 Å². The number of aryl methyl sites for hydroxylation is 1. The molecule has 0 spiro atoms. The Labute approximate surface area is 173 Å². The average molecular weight is 384 g/mol. The van der Waals surface area contributed by atoms with Crippen molar-refractivity contribution in [3.05, 3.63) is 71.5 Å². The van der Waals surface area contributed by atoms with E-state index in [1.807, 2.05) is 24.5 Å². The zero-order chi connectivity index (χ0) is 19.6. The molecule has 5 atom stereocenters. The number of fused-ring (bicyclic) bond motifs is 6. The van der Waals surface area contributed by atoms with E-state index in [1.165, 1.54) is 54.0 Å². The number of nitrogens with zero attached hydrogens (tertiary/aromatic N) is 1. The molecule has 1 heterocycles. The molecule has 0 bridgehead atoms. The molecular weight excluding hydrogens is 354 g/mol. The third kappa shape index (κ3) is 2.51. The minimum absolute atomic E-state index is 0.396. The fourth-order valence-electron chi connectivity index (χ4n) is 7.53. The lowest BCUT2D eigenvalue weighted by Gasteiger charge is -2.51. The summed E-state index contributed by atoms with van der Waals surface area (Å²) in [5.74, 6) is 3.38. The molecule has 2 fully saturated rings. The van der Waals surface area contributed by atoms with Crippen LogP contribution in [0.4, 0.5) is 0 Å². The second-order valence-electron chi connectivity index (χ2n) is 9.92. The quantitative estimate of drug-likeness (QED) is 0.515. The largest absolute Gasteiger partial charge is 0.508 e. The number of pyridine rings is 1. The lowest BCUT2D eigenvalue weighted by molar-refractivity contribution is 0.0484. The highest BCUT2D eigenvalue weighted by atomic mass is 16.3. The Hall–Kier alpha value is -2.35. The van der Waals surface area contributed by atoms with Crippen molar-refractivity contribution in [1.29, 1.82) is 0 Å². The summed E-state index contributed by atoms with van der Waals surface area (Å²) in [6.07, 6.45) is 11.6. The zero-order valence-corrected chi connectivity index (χ0v) is 17.1. The maximum absolute atomic E-state index is 9.92. The Balaban J connectivity index is 1.38. The maximum Gasteiger partial charge on any atom is 0.115 e. The van der Waals surface area contributed by atoms with Crippen molar-refractivity contribution < 1.29 is 5.11 Å². The van der Waals surface area contributed by atoms with E-state index < -0.39 is 0 Å². The van der Waals surface area contributed by atoms with E-state index in [4.69, 9.17) is 0 Å². The molecule has 3 aromatic rings. The number of aromatic hydroxyl groups is 1. The molecule has 1 N–H and O–H groups in total. The first-order valence-corrected chi connectivity index (χ1v) is 11.3. The van der Waals surface area contributed by atoms with Crippen LogP contribution in [0.1, 0.15) is 67.6 Å². The van der Waals surface area contributed by atoms with Gasteiger partial charge in [0.2, 0.25) is 0 Å². The highest BCUT2D eigenvalue weighted by Gasteiger charge is 2.55. The Morgan fingerprint density at radius 3 is 2.86 bits per heavy atom. The summed E-state index contributed by atoms with van der Waals surface area (Å²) in [5.41, 5.74) is 4.87. The van der Waals surface area contributed by atoms with Gasteiger partial charge in [0.25, 0.3) is 0 Å². The number of rotatable bonds is 1. The molecule has 6 rings (SSSR count). The van der Waals surface area contributed by atoms with Crippen LogP contribution in [-0.4, -0.2) is 10.1 Å². The number of phenols is 1. The van der Waals surface area contributed by atoms with Crippen LogP contribution in [0.5, 0.6) is 5.75 Å². The van der Waals surface area contributed by atoms with Crippen molar-refractivity contribution in [3.8, 4) is 5.75 Å². The van der Waals surface area contributed by atoms with E-state index in [0.717, 1.165) is 18.3 Å². The lowest BCUT2D eigenvalue weighted by atomic mass is 9.53. The van der Waals surface area contributed by atoms with E-state index in [0.29, 0.717) is 23.0 Å². The van der Waals surface area contributed by atoms with Gasteiger partial charge in [-0.2, -0.15) is 0 Å². The van der Waals surface area contributed by atoms with Gasteiger partial charge in [-0.3, -0.25) is 4.98 Å². The van der Waals surface area contributed by atoms with E-state index in [1.54, 1.807) is 5.56 Å². The van der Waals surface area contributed by atoms with Crippen LogP contribution in [0.15, 0.2) is 54.9 Å². The lowest BCUT2D eigenvalue weighted by Crippen LogP contribution is -2.41. The van der Waals surface area contributed by atoms with E-state index in [-0.39, 0.29) is 0 Å². The number of aromatic nitrogens is 1. The SMILES string of the molecule is C[C@]12CC[C@@H]3c4ccc(O)cc4CC[C@H]3[C@@H]1CC[C@@H]2c1cccc2cnccc12. The molecule has 2 aromatic carbocycles. The molecule has 3 aliphatic carbocycles. The predicted octanol–water partition coefficient (Wildman–Crippen LogP) is 6.58. The first kappa shape index (κ1) is 17.5. The summed E-state index contributed by atoms with van der Waals surface area (Å²) in [6.45, 7) is 2.60. The van der Waals surface area contributed by atoms with Gasteiger partial charge < -0.3 is 5.11 Å². The van der Waals surface area contributed by atoms with E-state index in [9.17, 15) is 5.11 Å². The minimum atomic E-state index is 0.396. The van der Waals surface area contributed by atoms with Gasteiger partial charge in [-0.25, -0.2) is 0 Å². The van der Waals surface area contributed by atoms with E-state index >= 15 is 0 Å². The van der Waals surface area contributed by atoms with Gasteiger partial charge >= 0.3 is 0 Å². The molecule has 29 heavy (non-hydrogen) atoms. The summed E-state index contributed by atoms with van der Waals surface area (Å²) in [7, 11) is 0. The smallest absolute Gasteiger partial charge is 0.115 e. The van der Waals surface area contributed by atoms with Crippen LogP contribution in [0.2, 0.25) is 0 Å². The van der Waals surface area contributed by atoms with Crippen molar-refractivity contribution in [2.45, 2.75) is 57.3 Å². The van der Waals surface area contributed by atoms with Gasteiger partial charge in [-0.15, -0.1) is 0 Å². The van der Waals surface area contributed by atoms with Gasteiger partial charge in [0.05, 0.1) is 0 Å². The summed E-state index contributed by atoms with van der Waals surface area (Å²) >= 11 is 0. The maximum atomic E-state index is 9.92. The van der Waals surface area contributed by atoms with Crippen molar-refractivity contribution >= 4 is 10.8 Å². The molecule has 3 aliphatic rings. The summed E-state index contributed by atoms with van der Waals surface area (Å²) < 4.78 is 0. The Morgan fingerprint density at radius 1 is 1.00 bits per heavy atom. The summed E-state index contributed by atoms with van der Waals surface area (Å²) in [6, 6.07) is 15.2. The van der Waals surface area contributed by atoms with Gasteiger partial charge in [0, 0.05) is 17.8 Å². The van der Waals surface area contributed by atoms with Crippen LogP contribution in [-0.2, 0) is 6.42 Å². The number of hydrogen-bond donors (Lipinski definition) is 1. The number of phenolic OH excluding ortho intramolecular Hbond substituents is 1. The van der Waals surface area contributed by atoms with Gasteiger partial charge in [-0.1, -0.05) is 31.2 Å². The number of hydrogen-bond acceptors (Lipinski definition) is 2. The van der Waals surface area contributed by atoms with Crippen molar-refractivity contribution in [3.63, 3.8) is 0 Å². The summed E-state index contributed by atoms with van der Waals surface area (Å²) in [5, 5.41) is 12.6. The van der Waals surface area contributed by atoms with Crippen LogP contribution >= 0.6 is 0 Å². The highest BCUT2D eigenvalue weighted by Crippen LogP contribution is 2.65. The molecule has 0 amide bonds. The minimum Gasteiger partial charge on any atom is -0.508 e. The second-order valence-corrected chi connectivity index (χ2v) is 9.92. The van der Waals surface area contributed by atoms with Crippen LogP contribution in [0.25, 0.3) is 10.8 Å². The third-order valence-corrected chi connectivity index (χ3v) is 8.80. The van der Waals surface area contributed by atoms with Gasteiger partial charge in [-0.05, 0) is 108 Å². The monoisotopic (exact) mass is 383 g/mol. The molecular formula is C27H29NO. The fraction of sp³-hybridized carbons (Fsp3) is 0.444. The second kappa shape index (κ2) is 6.32. The first-order chi connectivity index (χ1) is 14.1. The Morgan fingerprint density at radius 2 is 1.93 bits per heavy atom. The van der Waals surface area contributed by atoms with Crippen molar-refractivity contribution in [1.82, 2.24) is 4.98 Å². The highest BCUT2D eigenvalue weighted by molar-refractivity contribution is 5.85. The number of benzene rings is 2.